The third-order valence-electron chi connectivity index (χ3n) is 2.28. The molecule has 2 rings (SSSR count). The predicted molar refractivity (Wildman–Crippen MR) is 61.4 cm³/mol. The van der Waals surface area contributed by atoms with Gasteiger partial charge in [-0.1, -0.05) is 0 Å². The Morgan fingerprint density at radius 3 is 2.65 bits per heavy atom. The van der Waals surface area contributed by atoms with Crippen LogP contribution in [0.5, 0.6) is 0 Å². The predicted octanol–water partition coefficient (Wildman–Crippen LogP) is 1.30. The van der Waals surface area contributed by atoms with Gasteiger partial charge in [-0.2, -0.15) is 0 Å². The zero-order chi connectivity index (χ0) is 12.6. The molecule has 0 bridgehead atoms. The summed E-state index contributed by atoms with van der Waals surface area (Å²) in [7, 11) is -3.93. The number of carbonyl (C=O) groups excluding carboxylic acids is 1. The molecule has 8 heteroatoms. The molecule has 0 spiro atoms. The maximum atomic E-state index is 12.9. The maximum absolute atomic E-state index is 12.9. The van der Waals surface area contributed by atoms with Gasteiger partial charge < -0.3 is 5.32 Å². The van der Waals surface area contributed by atoms with E-state index in [0.717, 1.165) is 22.5 Å². The molecule has 1 aliphatic rings. The highest BCUT2D eigenvalue weighted by molar-refractivity contribution is 9.10. The van der Waals surface area contributed by atoms with Gasteiger partial charge in [0.1, 0.15) is 10.7 Å². The van der Waals surface area contributed by atoms with Gasteiger partial charge in [-0.05, 0) is 34.1 Å². The van der Waals surface area contributed by atoms with Crippen LogP contribution in [0.3, 0.4) is 0 Å². The van der Waals surface area contributed by atoms with Crippen LogP contribution in [0.15, 0.2) is 27.6 Å². The second-order valence-corrected chi connectivity index (χ2v) is 6.07. The summed E-state index contributed by atoms with van der Waals surface area (Å²) in [5, 5.41) is 2.39. The first kappa shape index (κ1) is 12.3. The Bertz CT molecular complexity index is 576. The Morgan fingerprint density at radius 1 is 1.41 bits per heavy atom. The molecule has 0 saturated carbocycles. The lowest BCUT2D eigenvalue weighted by atomic mass is 10.3. The van der Waals surface area contributed by atoms with Crippen LogP contribution in [0.2, 0.25) is 0 Å². The van der Waals surface area contributed by atoms with Gasteiger partial charge in [0.25, 0.3) is 10.0 Å². The smallest absolute Gasteiger partial charge is 0.331 e. The van der Waals surface area contributed by atoms with Crippen LogP contribution in [0, 0.1) is 5.82 Å². The van der Waals surface area contributed by atoms with E-state index in [0.29, 0.717) is 0 Å². The lowest BCUT2D eigenvalue weighted by Crippen LogP contribution is -2.34. The number of amides is 2. The van der Waals surface area contributed by atoms with Crippen LogP contribution >= 0.6 is 15.9 Å². The number of hydrogen-bond acceptors (Lipinski definition) is 3. The van der Waals surface area contributed by atoms with Crippen molar-refractivity contribution in [3.05, 3.63) is 28.5 Å². The van der Waals surface area contributed by atoms with E-state index in [1.165, 1.54) is 0 Å². The molecule has 0 radical (unpaired) electrons. The molecule has 1 aromatic rings. The second-order valence-electron chi connectivity index (χ2n) is 3.38. The number of rotatable bonds is 2. The zero-order valence-electron chi connectivity index (χ0n) is 8.48. The van der Waals surface area contributed by atoms with E-state index >= 15 is 0 Å². The van der Waals surface area contributed by atoms with Gasteiger partial charge in [0.05, 0.1) is 6.54 Å². The number of urea groups is 1. The van der Waals surface area contributed by atoms with Crippen LogP contribution in [0.25, 0.3) is 0 Å². The van der Waals surface area contributed by atoms with Gasteiger partial charge >= 0.3 is 6.03 Å². The molecule has 1 aliphatic heterocycles. The summed E-state index contributed by atoms with van der Waals surface area (Å²) >= 11 is 2.97. The van der Waals surface area contributed by atoms with Crippen molar-refractivity contribution in [2.45, 2.75) is 4.90 Å². The van der Waals surface area contributed by atoms with E-state index in [1.807, 2.05) is 0 Å². The van der Waals surface area contributed by atoms with E-state index < -0.39 is 21.9 Å². The molecular formula is C9H8BrFN2O3S. The highest BCUT2D eigenvalue weighted by Gasteiger charge is 2.34. The average Bonchev–Trinajstić information content (AvgIpc) is 2.64. The molecule has 0 aliphatic carbocycles. The minimum absolute atomic E-state index is 0.0744. The standard InChI is InChI=1S/C9H8BrFN2O3S/c10-7-5-6(11)1-2-8(7)17(15,16)13-4-3-12-9(13)14/h1-2,5H,3-4H2,(H,12,14). The van der Waals surface area contributed by atoms with Crippen LogP contribution < -0.4 is 5.32 Å². The summed E-state index contributed by atoms with van der Waals surface area (Å²) in [5.74, 6) is -0.554. The van der Waals surface area contributed by atoms with Crippen LogP contribution in [0.1, 0.15) is 0 Å². The van der Waals surface area contributed by atoms with Gasteiger partial charge in [0.2, 0.25) is 0 Å². The monoisotopic (exact) mass is 322 g/mol. The fraction of sp³-hybridized carbons (Fsp3) is 0.222. The number of carbonyl (C=O) groups is 1. The van der Waals surface area contributed by atoms with E-state index in [9.17, 15) is 17.6 Å². The summed E-state index contributed by atoms with van der Waals surface area (Å²) < 4.78 is 37.9. The number of nitrogens with one attached hydrogen (secondary N) is 1. The first-order chi connectivity index (χ1) is 7.93. The Balaban J connectivity index is 2.48. The van der Waals surface area contributed by atoms with Gasteiger partial charge in [-0.25, -0.2) is 21.9 Å². The van der Waals surface area contributed by atoms with E-state index in [-0.39, 0.29) is 22.5 Å². The third kappa shape index (κ3) is 2.14. The minimum Gasteiger partial charge on any atom is -0.335 e. The molecule has 5 nitrogen and oxygen atoms in total. The lowest BCUT2D eigenvalue weighted by molar-refractivity contribution is 0.236. The van der Waals surface area contributed by atoms with Crippen LogP contribution in [0.4, 0.5) is 9.18 Å². The number of sulfonamides is 1. The lowest BCUT2D eigenvalue weighted by Gasteiger charge is -2.15. The molecule has 0 atom stereocenters. The second kappa shape index (κ2) is 4.26. The summed E-state index contributed by atoms with van der Waals surface area (Å²) in [5.41, 5.74) is 0. The number of halogens is 2. The first-order valence-corrected chi connectivity index (χ1v) is 6.92. The zero-order valence-corrected chi connectivity index (χ0v) is 10.9. The third-order valence-corrected chi connectivity index (χ3v) is 5.04. The molecule has 1 fully saturated rings. The van der Waals surface area contributed by atoms with Crippen LogP contribution in [-0.2, 0) is 10.0 Å². The molecule has 0 aromatic heterocycles. The average molecular weight is 323 g/mol. The first-order valence-electron chi connectivity index (χ1n) is 4.68. The molecule has 17 heavy (non-hydrogen) atoms. The minimum atomic E-state index is -3.93. The van der Waals surface area contributed by atoms with Gasteiger partial charge in [-0.15, -0.1) is 0 Å². The largest absolute Gasteiger partial charge is 0.335 e. The highest BCUT2D eigenvalue weighted by atomic mass is 79.9. The fourth-order valence-electron chi connectivity index (χ4n) is 1.49. The molecule has 1 N–H and O–H groups in total. The van der Waals surface area contributed by atoms with Crippen molar-refractivity contribution in [2.75, 3.05) is 13.1 Å². The summed E-state index contributed by atoms with van der Waals surface area (Å²) in [6.07, 6.45) is 0. The maximum Gasteiger partial charge on any atom is 0.331 e. The highest BCUT2D eigenvalue weighted by Crippen LogP contribution is 2.26. The SMILES string of the molecule is O=C1NCCN1S(=O)(=O)c1ccc(F)cc1Br. The Labute approximate surface area is 106 Å². The number of hydrogen-bond donors (Lipinski definition) is 1. The molecule has 1 heterocycles. The number of nitrogens with zero attached hydrogens (tertiary/aromatic N) is 1. The Morgan fingerprint density at radius 2 is 2.12 bits per heavy atom. The molecule has 92 valence electrons. The van der Waals surface area contributed by atoms with Crippen LogP contribution in [-0.4, -0.2) is 31.8 Å². The Hall–Kier alpha value is -1.15. The van der Waals surface area contributed by atoms with E-state index in [1.54, 1.807) is 0 Å². The Kier molecular flexibility index (Phi) is 3.09. The molecule has 1 aromatic carbocycles. The van der Waals surface area contributed by atoms with Crippen molar-refractivity contribution in [3.8, 4) is 0 Å². The van der Waals surface area contributed by atoms with Crippen molar-refractivity contribution < 1.29 is 17.6 Å². The summed E-state index contributed by atoms with van der Waals surface area (Å²) in [6, 6.07) is 2.54. The van der Waals surface area contributed by atoms with Crippen molar-refractivity contribution >= 4 is 32.0 Å². The van der Waals surface area contributed by atoms with E-state index in [2.05, 4.69) is 21.2 Å². The topological polar surface area (TPSA) is 66.5 Å². The molecular weight excluding hydrogens is 315 g/mol. The van der Waals surface area contributed by atoms with Gasteiger partial charge in [-0.3, -0.25) is 0 Å². The summed E-state index contributed by atoms with van der Waals surface area (Å²) in [4.78, 5) is 11.2. The van der Waals surface area contributed by atoms with Crippen molar-refractivity contribution in [1.82, 2.24) is 9.62 Å². The quantitative estimate of drug-likeness (QED) is 0.892. The molecule has 0 unspecified atom stereocenters. The van der Waals surface area contributed by atoms with Crippen molar-refractivity contribution in [3.63, 3.8) is 0 Å². The number of benzene rings is 1. The van der Waals surface area contributed by atoms with E-state index in [4.69, 9.17) is 0 Å². The molecule has 1 saturated heterocycles. The van der Waals surface area contributed by atoms with Crippen molar-refractivity contribution in [1.29, 1.82) is 0 Å². The van der Waals surface area contributed by atoms with Gasteiger partial charge in [0, 0.05) is 11.0 Å². The normalized spacial score (nSPS) is 16.1. The summed E-state index contributed by atoms with van der Waals surface area (Å²) in [6.45, 7) is 0.349. The van der Waals surface area contributed by atoms with Gasteiger partial charge in [0.15, 0.2) is 0 Å². The van der Waals surface area contributed by atoms with Crippen molar-refractivity contribution in [2.24, 2.45) is 0 Å². The molecule has 2 amide bonds. The fourth-order valence-corrected chi connectivity index (χ4v) is 3.85.